The Morgan fingerprint density at radius 3 is 1.23 bits per heavy atom. The summed E-state index contributed by atoms with van der Waals surface area (Å²) in [6.45, 7) is 0. The highest BCUT2D eigenvalue weighted by Gasteiger charge is 2.19. The van der Waals surface area contributed by atoms with Crippen molar-refractivity contribution in [2.24, 2.45) is 0 Å². The van der Waals surface area contributed by atoms with Crippen LogP contribution in [0.15, 0.2) is 231 Å². The fourth-order valence-corrected chi connectivity index (χ4v) is 8.41. The van der Waals surface area contributed by atoms with Crippen LogP contribution in [0, 0.1) is 0 Å². The Morgan fingerprint density at radius 1 is 0.242 bits per heavy atom. The van der Waals surface area contributed by atoms with Crippen LogP contribution in [-0.4, -0.2) is 19.9 Å². The molecule has 290 valence electrons. The Hall–Kier alpha value is -8.34. The second-order valence-electron chi connectivity index (χ2n) is 15.4. The summed E-state index contributed by atoms with van der Waals surface area (Å²) in [5.74, 6) is 1.83. The summed E-state index contributed by atoms with van der Waals surface area (Å²) in [5.41, 5.74) is 14.6. The zero-order valence-corrected chi connectivity index (χ0v) is 33.7. The lowest BCUT2D eigenvalue weighted by atomic mass is 9.90. The molecular formula is C58H38N4. The predicted molar refractivity (Wildman–Crippen MR) is 256 cm³/mol. The third-order valence-corrected chi connectivity index (χ3v) is 11.5. The van der Waals surface area contributed by atoms with Gasteiger partial charge in [-0.2, -0.15) is 0 Å². The van der Waals surface area contributed by atoms with Crippen molar-refractivity contribution in [1.82, 2.24) is 19.9 Å². The van der Waals surface area contributed by atoms with Crippen LogP contribution in [0.5, 0.6) is 0 Å². The molecule has 0 saturated carbocycles. The molecule has 0 amide bonds. The lowest BCUT2D eigenvalue weighted by Crippen LogP contribution is -2.00. The fourth-order valence-electron chi connectivity index (χ4n) is 8.41. The van der Waals surface area contributed by atoms with Crippen molar-refractivity contribution < 1.29 is 0 Å². The molecule has 11 aromatic rings. The van der Waals surface area contributed by atoms with Gasteiger partial charge in [0.2, 0.25) is 0 Å². The van der Waals surface area contributed by atoms with Crippen molar-refractivity contribution >= 4 is 21.7 Å². The summed E-state index contributed by atoms with van der Waals surface area (Å²) < 4.78 is 0. The van der Waals surface area contributed by atoms with Gasteiger partial charge in [-0.15, -0.1) is 0 Å². The maximum atomic E-state index is 5.45. The van der Waals surface area contributed by atoms with Crippen LogP contribution in [0.4, 0.5) is 0 Å². The number of aromatic nitrogens is 4. The molecule has 0 aliphatic heterocycles. The lowest BCUT2D eigenvalue weighted by molar-refractivity contribution is 1.07. The third kappa shape index (κ3) is 7.10. The van der Waals surface area contributed by atoms with Crippen molar-refractivity contribution in [3.8, 4) is 89.9 Å². The van der Waals surface area contributed by atoms with Crippen LogP contribution in [-0.2, 0) is 0 Å². The smallest absolute Gasteiger partial charge is 0.164 e. The Bertz CT molecular complexity index is 3270. The highest BCUT2D eigenvalue weighted by Crippen LogP contribution is 2.42. The molecule has 9 aromatic carbocycles. The van der Waals surface area contributed by atoms with Gasteiger partial charge < -0.3 is 0 Å². The van der Waals surface area contributed by atoms with Crippen LogP contribution < -0.4 is 0 Å². The minimum Gasteiger partial charge on any atom is -0.247 e. The van der Waals surface area contributed by atoms with Gasteiger partial charge >= 0.3 is 0 Å². The molecule has 2 heterocycles. The summed E-state index contributed by atoms with van der Waals surface area (Å²) in [6.07, 6.45) is 0. The van der Waals surface area contributed by atoms with E-state index in [-0.39, 0.29) is 0 Å². The standard InChI is InChI=1S/C58H38N4/c1-5-17-39(18-6-1)45-26-15-28-48(35-45)57-60-56(61-58(62-57)49-29-16-27-46(36-49)40-19-7-2-8-20-40)44-33-31-42(32-34-44)52-37-47-25-13-14-30-50(47)54-51(41-21-9-3-10-22-41)38-53(59-55(52)54)43-23-11-4-12-24-43/h1-38H. The minimum absolute atomic E-state index is 0.603. The van der Waals surface area contributed by atoms with E-state index in [1.807, 2.05) is 18.2 Å². The molecule has 0 aliphatic carbocycles. The van der Waals surface area contributed by atoms with Gasteiger partial charge in [-0.1, -0.05) is 206 Å². The van der Waals surface area contributed by atoms with Crippen LogP contribution in [0.25, 0.3) is 112 Å². The summed E-state index contributed by atoms with van der Waals surface area (Å²) >= 11 is 0. The van der Waals surface area contributed by atoms with Crippen molar-refractivity contribution in [3.63, 3.8) is 0 Å². The first-order chi connectivity index (χ1) is 30.7. The van der Waals surface area contributed by atoms with E-state index in [0.717, 1.165) is 88.7 Å². The quantitative estimate of drug-likeness (QED) is 0.144. The Balaban J connectivity index is 1.07. The topological polar surface area (TPSA) is 51.6 Å². The first-order valence-electron chi connectivity index (χ1n) is 20.9. The molecule has 0 spiro atoms. The van der Waals surface area contributed by atoms with E-state index in [4.69, 9.17) is 19.9 Å². The van der Waals surface area contributed by atoms with Gasteiger partial charge in [0.1, 0.15) is 0 Å². The van der Waals surface area contributed by atoms with E-state index >= 15 is 0 Å². The first-order valence-corrected chi connectivity index (χ1v) is 20.9. The molecule has 4 nitrogen and oxygen atoms in total. The van der Waals surface area contributed by atoms with E-state index < -0.39 is 0 Å². The Labute approximate surface area is 360 Å². The van der Waals surface area contributed by atoms with E-state index in [0.29, 0.717) is 17.5 Å². The zero-order valence-electron chi connectivity index (χ0n) is 33.7. The molecule has 4 heteroatoms. The van der Waals surface area contributed by atoms with E-state index in [1.165, 1.54) is 5.39 Å². The summed E-state index contributed by atoms with van der Waals surface area (Å²) in [4.78, 5) is 20.9. The summed E-state index contributed by atoms with van der Waals surface area (Å²) in [7, 11) is 0. The second-order valence-corrected chi connectivity index (χ2v) is 15.4. The number of fused-ring (bicyclic) bond motifs is 3. The molecule has 0 N–H and O–H groups in total. The van der Waals surface area contributed by atoms with Gasteiger partial charge in [0.25, 0.3) is 0 Å². The first kappa shape index (κ1) is 36.7. The maximum absolute atomic E-state index is 5.45. The van der Waals surface area contributed by atoms with Crippen LogP contribution >= 0.6 is 0 Å². The van der Waals surface area contributed by atoms with Crippen LogP contribution in [0.3, 0.4) is 0 Å². The third-order valence-electron chi connectivity index (χ3n) is 11.5. The van der Waals surface area contributed by atoms with E-state index in [2.05, 4.69) is 212 Å². The van der Waals surface area contributed by atoms with Crippen molar-refractivity contribution in [2.45, 2.75) is 0 Å². The predicted octanol–water partition coefficient (Wildman–Crippen LogP) is 14.9. The van der Waals surface area contributed by atoms with Crippen LogP contribution in [0.1, 0.15) is 0 Å². The fraction of sp³-hybridized carbons (Fsp3) is 0. The number of nitrogens with zero attached hydrogens (tertiary/aromatic N) is 4. The summed E-state index contributed by atoms with van der Waals surface area (Å²) in [6, 6.07) is 80.5. The highest BCUT2D eigenvalue weighted by molar-refractivity contribution is 6.18. The number of hydrogen-bond donors (Lipinski definition) is 0. The van der Waals surface area contributed by atoms with Gasteiger partial charge in [0, 0.05) is 33.2 Å². The molecule has 0 bridgehead atoms. The number of rotatable bonds is 8. The zero-order chi connectivity index (χ0) is 41.2. The SMILES string of the molecule is c1ccc(-c2cccc(-c3nc(-c4ccc(-c5cc6ccccc6c6c(-c7ccccc7)cc(-c7ccccc7)nc56)cc4)nc(-c4cccc(-c5ccccc5)c4)n3)c2)cc1. The molecule has 2 aromatic heterocycles. The highest BCUT2D eigenvalue weighted by atomic mass is 15.0. The minimum atomic E-state index is 0.603. The molecule has 0 fully saturated rings. The normalized spacial score (nSPS) is 11.2. The molecule has 0 unspecified atom stereocenters. The van der Waals surface area contributed by atoms with E-state index in [1.54, 1.807) is 0 Å². The van der Waals surface area contributed by atoms with Gasteiger partial charge in [-0.25, -0.2) is 19.9 Å². The molecule has 62 heavy (non-hydrogen) atoms. The van der Waals surface area contributed by atoms with Gasteiger partial charge in [0.05, 0.1) is 11.2 Å². The van der Waals surface area contributed by atoms with Gasteiger partial charge in [-0.05, 0) is 74.0 Å². The van der Waals surface area contributed by atoms with Crippen molar-refractivity contribution in [2.75, 3.05) is 0 Å². The average molecular weight is 791 g/mol. The maximum Gasteiger partial charge on any atom is 0.164 e. The van der Waals surface area contributed by atoms with Gasteiger partial charge in [0.15, 0.2) is 17.5 Å². The number of hydrogen-bond acceptors (Lipinski definition) is 4. The lowest BCUT2D eigenvalue weighted by Gasteiger charge is -2.17. The molecule has 0 aliphatic rings. The van der Waals surface area contributed by atoms with E-state index in [9.17, 15) is 0 Å². The van der Waals surface area contributed by atoms with Crippen LogP contribution in [0.2, 0.25) is 0 Å². The molecule has 0 saturated heterocycles. The number of benzene rings is 9. The Morgan fingerprint density at radius 2 is 0.661 bits per heavy atom. The van der Waals surface area contributed by atoms with Crippen molar-refractivity contribution in [3.05, 3.63) is 231 Å². The number of pyridine rings is 1. The van der Waals surface area contributed by atoms with Crippen molar-refractivity contribution in [1.29, 1.82) is 0 Å². The second kappa shape index (κ2) is 16.0. The average Bonchev–Trinajstić information content (AvgIpc) is 3.37. The Kier molecular flexibility index (Phi) is 9.49. The van der Waals surface area contributed by atoms with Gasteiger partial charge in [-0.3, -0.25) is 0 Å². The molecular weight excluding hydrogens is 753 g/mol. The molecule has 0 atom stereocenters. The molecule has 0 radical (unpaired) electrons. The molecule has 11 rings (SSSR count). The largest absolute Gasteiger partial charge is 0.247 e. The summed E-state index contributed by atoms with van der Waals surface area (Å²) in [5, 5.41) is 3.47. The monoisotopic (exact) mass is 790 g/mol.